The largest absolute Gasteiger partial charge is 0.495 e. The topological polar surface area (TPSA) is 99.0 Å². The number of hydrogen-bond donors (Lipinski definition) is 1. The van der Waals surface area contributed by atoms with Gasteiger partial charge in [-0.05, 0) is 42.5 Å². The molecule has 0 atom stereocenters. The zero-order valence-electron chi connectivity index (χ0n) is 16.0. The highest BCUT2D eigenvalue weighted by atomic mass is 35.5. The fourth-order valence-electron chi connectivity index (χ4n) is 3.12. The number of benzene rings is 1. The molecule has 8 nitrogen and oxygen atoms in total. The minimum absolute atomic E-state index is 0.0135. The number of rotatable bonds is 7. The molecular weight excluding hydrogens is 426 g/mol. The van der Waals surface area contributed by atoms with Crippen molar-refractivity contribution in [2.24, 2.45) is 0 Å². The summed E-state index contributed by atoms with van der Waals surface area (Å²) >= 11 is 5.98. The first-order chi connectivity index (χ1) is 14.5. The smallest absolute Gasteiger partial charge is 0.244 e. The molecule has 3 heterocycles. The van der Waals surface area contributed by atoms with Gasteiger partial charge in [-0.2, -0.15) is 0 Å². The van der Waals surface area contributed by atoms with Gasteiger partial charge in [-0.3, -0.25) is 4.98 Å². The number of aromatic nitrogens is 4. The van der Waals surface area contributed by atoms with E-state index in [1.165, 1.54) is 19.2 Å². The number of halogens is 1. The Hall–Kier alpha value is -3.01. The van der Waals surface area contributed by atoms with Gasteiger partial charge in [0.1, 0.15) is 22.0 Å². The van der Waals surface area contributed by atoms with Crippen LogP contribution in [0.15, 0.2) is 66.0 Å². The van der Waals surface area contributed by atoms with Crippen LogP contribution < -0.4 is 9.46 Å². The van der Waals surface area contributed by atoms with Crippen LogP contribution in [0, 0.1) is 0 Å². The SMILES string of the molecule is COc1ccc(Cl)cc1S(=O)(=O)NCCn1c(-c2ccncc2)nc2cccnc21. The normalized spacial score (nSPS) is 11.7. The van der Waals surface area contributed by atoms with Crippen molar-refractivity contribution < 1.29 is 13.2 Å². The van der Waals surface area contributed by atoms with Crippen molar-refractivity contribution in [2.45, 2.75) is 11.4 Å². The molecule has 0 unspecified atom stereocenters. The Morgan fingerprint density at radius 1 is 1.13 bits per heavy atom. The van der Waals surface area contributed by atoms with Crippen molar-refractivity contribution in [3.8, 4) is 17.1 Å². The van der Waals surface area contributed by atoms with Crippen molar-refractivity contribution in [2.75, 3.05) is 13.7 Å². The zero-order chi connectivity index (χ0) is 21.1. The Bertz CT molecular complexity index is 1290. The monoisotopic (exact) mass is 443 g/mol. The van der Waals surface area contributed by atoms with Gasteiger partial charge in [0.15, 0.2) is 5.65 Å². The second-order valence-electron chi connectivity index (χ2n) is 6.36. The number of sulfonamides is 1. The van der Waals surface area contributed by atoms with E-state index in [4.69, 9.17) is 16.3 Å². The van der Waals surface area contributed by atoms with E-state index in [2.05, 4.69) is 19.7 Å². The van der Waals surface area contributed by atoms with Gasteiger partial charge in [-0.1, -0.05) is 11.6 Å². The van der Waals surface area contributed by atoms with Gasteiger partial charge in [-0.15, -0.1) is 0 Å². The molecule has 1 aromatic carbocycles. The first-order valence-corrected chi connectivity index (χ1v) is 10.9. The van der Waals surface area contributed by atoms with Crippen molar-refractivity contribution in [1.82, 2.24) is 24.2 Å². The Morgan fingerprint density at radius 2 is 1.93 bits per heavy atom. The van der Waals surface area contributed by atoms with Crippen LogP contribution >= 0.6 is 11.6 Å². The highest BCUT2D eigenvalue weighted by Crippen LogP contribution is 2.27. The van der Waals surface area contributed by atoms with Crippen molar-refractivity contribution in [3.63, 3.8) is 0 Å². The molecule has 3 aromatic heterocycles. The van der Waals surface area contributed by atoms with Gasteiger partial charge in [0.2, 0.25) is 10.0 Å². The molecular formula is C20H18ClN5O3S. The summed E-state index contributed by atoms with van der Waals surface area (Å²) in [5.41, 5.74) is 2.26. The van der Waals surface area contributed by atoms with Crippen LogP contribution in [0.2, 0.25) is 5.02 Å². The van der Waals surface area contributed by atoms with E-state index in [-0.39, 0.29) is 17.2 Å². The highest BCUT2D eigenvalue weighted by Gasteiger charge is 2.20. The van der Waals surface area contributed by atoms with Gasteiger partial charge in [0, 0.05) is 42.3 Å². The van der Waals surface area contributed by atoms with Crippen LogP contribution in [0.25, 0.3) is 22.6 Å². The molecule has 30 heavy (non-hydrogen) atoms. The zero-order valence-corrected chi connectivity index (χ0v) is 17.6. The van der Waals surface area contributed by atoms with Gasteiger partial charge < -0.3 is 9.30 Å². The molecule has 0 fully saturated rings. The molecule has 4 rings (SSSR count). The Morgan fingerprint density at radius 3 is 2.70 bits per heavy atom. The van der Waals surface area contributed by atoms with E-state index in [0.29, 0.717) is 23.0 Å². The molecule has 10 heteroatoms. The maximum atomic E-state index is 12.8. The van der Waals surface area contributed by atoms with Crippen LogP contribution in [0.4, 0.5) is 0 Å². The fourth-order valence-corrected chi connectivity index (χ4v) is 4.57. The number of pyridine rings is 2. The molecule has 154 valence electrons. The Balaban J connectivity index is 1.62. The molecule has 0 aliphatic carbocycles. The summed E-state index contributed by atoms with van der Waals surface area (Å²) in [6.07, 6.45) is 5.04. The Kier molecular flexibility index (Phi) is 5.67. The number of nitrogens with one attached hydrogen (secondary N) is 1. The number of hydrogen-bond acceptors (Lipinski definition) is 6. The third kappa shape index (κ3) is 4.00. The molecule has 0 saturated carbocycles. The van der Waals surface area contributed by atoms with E-state index in [1.807, 2.05) is 28.8 Å². The van der Waals surface area contributed by atoms with E-state index in [1.54, 1.807) is 24.7 Å². The fraction of sp³-hybridized carbons (Fsp3) is 0.150. The molecule has 0 bridgehead atoms. The summed E-state index contributed by atoms with van der Waals surface area (Å²) < 4.78 is 35.3. The average Bonchev–Trinajstić information content (AvgIpc) is 3.13. The lowest BCUT2D eigenvalue weighted by Gasteiger charge is -2.12. The summed E-state index contributed by atoms with van der Waals surface area (Å²) in [6, 6.07) is 11.8. The van der Waals surface area contributed by atoms with E-state index in [9.17, 15) is 8.42 Å². The molecule has 1 N–H and O–H groups in total. The van der Waals surface area contributed by atoms with E-state index < -0.39 is 10.0 Å². The number of ether oxygens (including phenoxy) is 1. The third-order valence-corrected chi connectivity index (χ3v) is 6.20. The van der Waals surface area contributed by atoms with E-state index >= 15 is 0 Å². The predicted octanol–water partition coefficient (Wildman–Crippen LogP) is 3.13. The second-order valence-corrected chi connectivity index (χ2v) is 8.53. The van der Waals surface area contributed by atoms with Crippen molar-refractivity contribution >= 4 is 32.8 Å². The average molecular weight is 444 g/mol. The lowest BCUT2D eigenvalue weighted by molar-refractivity contribution is 0.402. The first kappa shape index (κ1) is 20.3. The minimum Gasteiger partial charge on any atom is -0.495 e. The number of imidazole rings is 1. The minimum atomic E-state index is -3.83. The quantitative estimate of drug-likeness (QED) is 0.471. The Labute approximate surface area is 178 Å². The molecule has 0 aliphatic rings. The maximum Gasteiger partial charge on any atom is 0.244 e. The summed E-state index contributed by atoms with van der Waals surface area (Å²) in [5, 5.41) is 0.306. The summed E-state index contributed by atoms with van der Waals surface area (Å²) in [6.45, 7) is 0.450. The number of fused-ring (bicyclic) bond motifs is 1. The molecule has 0 saturated heterocycles. The van der Waals surface area contributed by atoms with Crippen LogP contribution in [0.1, 0.15) is 0 Å². The lowest BCUT2D eigenvalue weighted by Crippen LogP contribution is -2.28. The van der Waals surface area contributed by atoms with Gasteiger partial charge in [0.05, 0.1) is 7.11 Å². The predicted molar refractivity (Wildman–Crippen MR) is 114 cm³/mol. The summed E-state index contributed by atoms with van der Waals surface area (Å²) in [5.74, 6) is 0.907. The van der Waals surface area contributed by atoms with Crippen LogP contribution in [0.3, 0.4) is 0 Å². The molecule has 0 spiro atoms. The van der Waals surface area contributed by atoms with Gasteiger partial charge >= 0.3 is 0 Å². The number of nitrogens with zero attached hydrogens (tertiary/aromatic N) is 4. The highest BCUT2D eigenvalue weighted by molar-refractivity contribution is 7.89. The lowest BCUT2D eigenvalue weighted by atomic mass is 10.2. The van der Waals surface area contributed by atoms with Crippen LogP contribution in [-0.2, 0) is 16.6 Å². The first-order valence-electron chi connectivity index (χ1n) is 9.04. The van der Waals surface area contributed by atoms with Gasteiger partial charge in [-0.25, -0.2) is 23.1 Å². The summed E-state index contributed by atoms with van der Waals surface area (Å²) in [7, 11) is -2.42. The van der Waals surface area contributed by atoms with Crippen molar-refractivity contribution in [1.29, 1.82) is 0 Å². The molecule has 0 aliphatic heterocycles. The number of methoxy groups -OCH3 is 1. The van der Waals surface area contributed by atoms with Crippen molar-refractivity contribution in [3.05, 3.63) is 66.1 Å². The van der Waals surface area contributed by atoms with Crippen LogP contribution in [-0.4, -0.2) is 41.6 Å². The molecule has 0 radical (unpaired) electrons. The van der Waals surface area contributed by atoms with Crippen LogP contribution in [0.5, 0.6) is 5.75 Å². The van der Waals surface area contributed by atoms with Gasteiger partial charge in [0.25, 0.3) is 0 Å². The maximum absolute atomic E-state index is 12.8. The summed E-state index contributed by atoms with van der Waals surface area (Å²) in [4.78, 5) is 13.1. The standard InChI is InChI=1S/C20H18ClN5O3S/c1-29-17-5-4-15(21)13-18(17)30(27,28)24-11-12-26-19(14-6-9-22-10-7-14)25-16-3-2-8-23-20(16)26/h2-10,13,24H,11-12H2,1H3. The van der Waals surface area contributed by atoms with E-state index in [0.717, 1.165) is 11.1 Å². The molecule has 4 aromatic rings. The molecule has 0 amide bonds. The third-order valence-electron chi connectivity index (χ3n) is 4.48. The second kappa shape index (κ2) is 8.39.